The summed E-state index contributed by atoms with van der Waals surface area (Å²) in [4.78, 5) is 32.1. The number of benzene rings is 2. The molecule has 2 aromatic carbocycles. The molecule has 1 amide bonds. The van der Waals surface area contributed by atoms with Gasteiger partial charge in [-0.15, -0.1) is 11.3 Å². The second-order valence-corrected chi connectivity index (χ2v) is 8.20. The predicted molar refractivity (Wildman–Crippen MR) is 120 cm³/mol. The lowest BCUT2D eigenvalue weighted by atomic mass is 10.0. The number of nitrogens with two attached hydrogens (primary N) is 1. The lowest BCUT2D eigenvalue weighted by molar-refractivity contribution is -0.120. The van der Waals surface area contributed by atoms with Crippen molar-refractivity contribution in [3.05, 3.63) is 69.8 Å². The van der Waals surface area contributed by atoms with Gasteiger partial charge in [-0.25, -0.2) is 4.98 Å². The van der Waals surface area contributed by atoms with E-state index < -0.39 is 11.9 Å². The van der Waals surface area contributed by atoms with E-state index in [4.69, 9.17) is 15.5 Å². The van der Waals surface area contributed by atoms with Crippen LogP contribution in [0.15, 0.2) is 59.4 Å². The van der Waals surface area contributed by atoms with Crippen molar-refractivity contribution in [1.29, 1.82) is 0 Å². The van der Waals surface area contributed by atoms with E-state index in [1.807, 2.05) is 61.5 Å². The predicted octanol–water partition coefficient (Wildman–Crippen LogP) is 4.16. The number of rotatable bonds is 5. The minimum Gasteiger partial charge on any atom is -0.497 e. The fourth-order valence-electron chi connectivity index (χ4n) is 3.58. The summed E-state index contributed by atoms with van der Waals surface area (Å²) < 4.78 is 6.75. The van der Waals surface area contributed by atoms with Crippen molar-refractivity contribution >= 4 is 27.5 Å². The van der Waals surface area contributed by atoms with E-state index in [-0.39, 0.29) is 5.56 Å². The van der Waals surface area contributed by atoms with E-state index >= 15 is 0 Å². The van der Waals surface area contributed by atoms with Crippen molar-refractivity contribution in [2.75, 3.05) is 7.11 Å². The van der Waals surface area contributed by atoms with E-state index in [0.29, 0.717) is 21.8 Å². The standard InChI is InChI=1S/C23H21N3O3S/c1-13(20(24)27)26-21(15-8-5-4-6-9-15)25-22-19(23(26)28)18(14(2)30-22)16-10-7-11-17(12-16)29-3/h4-13H,1-3H3,(H2,24,27). The van der Waals surface area contributed by atoms with E-state index in [1.54, 1.807) is 14.0 Å². The molecule has 0 spiro atoms. The lowest BCUT2D eigenvalue weighted by Crippen LogP contribution is -2.33. The third-order valence-electron chi connectivity index (χ3n) is 5.12. The zero-order valence-electron chi connectivity index (χ0n) is 16.9. The molecule has 6 nitrogen and oxygen atoms in total. The molecule has 152 valence electrons. The van der Waals surface area contributed by atoms with Gasteiger partial charge in [0.2, 0.25) is 5.91 Å². The number of ether oxygens (including phenoxy) is 1. The zero-order chi connectivity index (χ0) is 21.4. The number of carbonyl (C=O) groups is 1. The van der Waals surface area contributed by atoms with Crippen LogP contribution >= 0.6 is 11.3 Å². The maximum Gasteiger partial charge on any atom is 0.263 e. The number of thiophene rings is 1. The molecule has 1 atom stereocenters. The van der Waals surface area contributed by atoms with Crippen LogP contribution in [-0.4, -0.2) is 22.6 Å². The number of methoxy groups -OCH3 is 1. The number of carbonyl (C=O) groups excluding carboxylic acids is 1. The summed E-state index contributed by atoms with van der Waals surface area (Å²) in [6.07, 6.45) is 0. The van der Waals surface area contributed by atoms with Gasteiger partial charge in [0.1, 0.15) is 22.4 Å². The number of primary amides is 1. The van der Waals surface area contributed by atoms with Crippen molar-refractivity contribution in [3.63, 3.8) is 0 Å². The van der Waals surface area contributed by atoms with Crippen LogP contribution in [0.3, 0.4) is 0 Å². The highest BCUT2D eigenvalue weighted by atomic mass is 32.1. The summed E-state index contributed by atoms with van der Waals surface area (Å²) in [6.45, 7) is 3.58. The Kier molecular flexibility index (Phi) is 5.13. The lowest BCUT2D eigenvalue weighted by Gasteiger charge is -2.17. The molecule has 1 unspecified atom stereocenters. The minimum absolute atomic E-state index is 0.285. The second kappa shape index (κ2) is 7.76. The molecule has 7 heteroatoms. The Hall–Kier alpha value is -3.45. The molecular weight excluding hydrogens is 398 g/mol. The van der Waals surface area contributed by atoms with Crippen LogP contribution in [0.4, 0.5) is 0 Å². The molecule has 0 aliphatic carbocycles. The number of amides is 1. The topological polar surface area (TPSA) is 87.2 Å². The summed E-state index contributed by atoms with van der Waals surface area (Å²) in [5, 5.41) is 0.485. The van der Waals surface area contributed by atoms with E-state index in [2.05, 4.69) is 0 Å². The van der Waals surface area contributed by atoms with Gasteiger partial charge in [-0.3, -0.25) is 14.2 Å². The van der Waals surface area contributed by atoms with Gasteiger partial charge in [0.25, 0.3) is 5.56 Å². The molecule has 0 radical (unpaired) electrons. The van der Waals surface area contributed by atoms with Crippen LogP contribution in [0, 0.1) is 6.92 Å². The van der Waals surface area contributed by atoms with Gasteiger partial charge in [-0.2, -0.15) is 0 Å². The number of aryl methyl sites for hydroxylation is 1. The Balaban J connectivity index is 2.09. The number of fused-ring (bicyclic) bond motifs is 1. The number of nitrogens with zero attached hydrogens (tertiary/aromatic N) is 2. The molecular formula is C23H21N3O3S. The Labute approximate surface area is 177 Å². The largest absolute Gasteiger partial charge is 0.497 e. The second-order valence-electron chi connectivity index (χ2n) is 7.00. The van der Waals surface area contributed by atoms with Crippen LogP contribution < -0.4 is 16.0 Å². The normalized spacial score (nSPS) is 12.1. The molecule has 0 bridgehead atoms. The fourth-order valence-corrected chi connectivity index (χ4v) is 4.61. The molecule has 4 aromatic rings. The van der Waals surface area contributed by atoms with Gasteiger partial charge in [0.15, 0.2) is 0 Å². The van der Waals surface area contributed by atoms with Gasteiger partial charge in [-0.1, -0.05) is 42.5 Å². The molecule has 0 fully saturated rings. The average molecular weight is 420 g/mol. The molecule has 2 heterocycles. The van der Waals surface area contributed by atoms with Crippen LogP contribution in [0.2, 0.25) is 0 Å². The molecule has 30 heavy (non-hydrogen) atoms. The Morgan fingerprint density at radius 3 is 2.50 bits per heavy atom. The molecule has 0 saturated heterocycles. The van der Waals surface area contributed by atoms with E-state index in [9.17, 15) is 9.59 Å². The Morgan fingerprint density at radius 2 is 1.83 bits per heavy atom. The summed E-state index contributed by atoms with van der Waals surface area (Å²) in [5.74, 6) is 0.536. The van der Waals surface area contributed by atoms with Crippen molar-refractivity contribution in [2.45, 2.75) is 19.9 Å². The van der Waals surface area contributed by atoms with Crippen molar-refractivity contribution in [1.82, 2.24) is 9.55 Å². The highest BCUT2D eigenvalue weighted by Crippen LogP contribution is 2.38. The third kappa shape index (κ3) is 3.27. The Bertz CT molecular complexity index is 1310. The van der Waals surface area contributed by atoms with Crippen LogP contribution in [-0.2, 0) is 4.79 Å². The highest BCUT2D eigenvalue weighted by Gasteiger charge is 2.25. The monoisotopic (exact) mass is 419 g/mol. The maximum absolute atomic E-state index is 13.7. The van der Waals surface area contributed by atoms with E-state index in [1.165, 1.54) is 15.9 Å². The van der Waals surface area contributed by atoms with E-state index in [0.717, 1.165) is 21.6 Å². The summed E-state index contributed by atoms with van der Waals surface area (Å²) >= 11 is 1.46. The number of hydrogen-bond donors (Lipinski definition) is 1. The van der Waals surface area contributed by atoms with Gasteiger partial charge in [0, 0.05) is 16.0 Å². The first-order valence-electron chi connectivity index (χ1n) is 9.47. The maximum atomic E-state index is 13.7. The van der Waals surface area contributed by atoms with Gasteiger partial charge >= 0.3 is 0 Å². The van der Waals surface area contributed by atoms with Crippen molar-refractivity contribution in [3.8, 4) is 28.3 Å². The molecule has 2 aromatic heterocycles. The number of aromatic nitrogens is 2. The third-order valence-corrected chi connectivity index (χ3v) is 6.12. The smallest absolute Gasteiger partial charge is 0.263 e. The first-order valence-corrected chi connectivity index (χ1v) is 10.3. The molecule has 2 N–H and O–H groups in total. The average Bonchev–Trinajstić information content (AvgIpc) is 3.10. The summed E-state index contributed by atoms with van der Waals surface area (Å²) in [5.41, 5.74) is 7.71. The van der Waals surface area contributed by atoms with Crippen LogP contribution in [0.25, 0.3) is 32.7 Å². The molecule has 0 aliphatic heterocycles. The first-order chi connectivity index (χ1) is 14.4. The van der Waals surface area contributed by atoms with Crippen LogP contribution in [0.5, 0.6) is 5.75 Å². The van der Waals surface area contributed by atoms with Crippen molar-refractivity contribution < 1.29 is 9.53 Å². The Morgan fingerprint density at radius 1 is 1.13 bits per heavy atom. The van der Waals surface area contributed by atoms with Crippen LogP contribution in [0.1, 0.15) is 17.8 Å². The highest BCUT2D eigenvalue weighted by molar-refractivity contribution is 7.19. The number of hydrogen-bond acceptors (Lipinski definition) is 5. The summed E-state index contributed by atoms with van der Waals surface area (Å²) in [6, 6.07) is 16.1. The quantitative estimate of drug-likeness (QED) is 0.526. The van der Waals surface area contributed by atoms with Gasteiger partial charge in [0.05, 0.1) is 12.5 Å². The summed E-state index contributed by atoms with van der Waals surface area (Å²) in [7, 11) is 1.60. The first kappa shape index (κ1) is 19.8. The molecule has 4 rings (SSSR count). The molecule has 0 aliphatic rings. The zero-order valence-corrected chi connectivity index (χ0v) is 17.7. The van der Waals surface area contributed by atoms with Gasteiger partial charge in [-0.05, 0) is 31.5 Å². The minimum atomic E-state index is -0.844. The fraction of sp³-hybridized carbons (Fsp3) is 0.174. The van der Waals surface area contributed by atoms with Gasteiger partial charge < -0.3 is 10.5 Å². The van der Waals surface area contributed by atoms with Crippen molar-refractivity contribution in [2.24, 2.45) is 5.73 Å². The SMILES string of the molecule is COc1cccc(-c2c(C)sc3nc(-c4ccccc4)n(C(C)C(N)=O)c(=O)c23)c1. The molecule has 0 saturated carbocycles.